The van der Waals surface area contributed by atoms with Gasteiger partial charge >= 0.3 is 5.97 Å². The van der Waals surface area contributed by atoms with E-state index >= 15 is 0 Å². The molecule has 0 bridgehead atoms. The molecule has 0 unspecified atom stereocenters. The Bertz CT molecular complexity index is 1570. The van der Waals surface area contributed by atoms with Crippen LogP contribution in [0, 0.1) is 11.7 Å². The quantitative estimate of drug-likeness (QED) is 0.0441. The molecule has 2 aromatic rings. The number of carboxylic acids is 1. The van der Waals surface area contributed by atoms with Crippen molar-refractivity contribution in [3.8, 4) is 5.75 Å². The molecule has 53 heavy (non-hydrogen) atoms. The van der Waals surface area contributed by atoms with E-state index in [0.717, 1.165) is 18.6 Å². The first-order valence-corrected chi connectivity index (χ1v) is 17.3. The van der Waals surface area contributed by atoms with Crippen LogP contribution in [0.4, 0.5) is 4.39 Å². The summed E-state index contributed by atoms with van der Waals surface area (Å²) in [5, 5.41) is 19.8. The van der Waals surface area contributed by atoms with Gasteiger partial charge in [-0.15, -0.1) is 0 Å². The number of benzene rings is 2. The lowest BCUT2D eigenvalue weighted by atomic mass is 10.0. The van der Waals surface area contributed by atoms with Gasteiger partial charge in [-0.3, -0.25) is 29.0 Å². The Morgan fingerprint density at radius 2 is 1.36 bits per heavy atom. The van der Waals surface area contributed by atoms with Gasteiger partial charge in [-0.05, 0) is 67.0 Å². The monoisotopic (exact) mass is 742 g/mol. The SMILES string of the molecule is CCCOc1ccc(CC(=O)N[C@@H](CCCN=C(N)N)C(=O)N[C@@H](CC(C)C)C(=O)N[C@@H](CC(N)=O)C(=O)N[C@@H](Cc2ccc(F)cc2)C(=O)O)cc1. The van der Waals surface area contributed by atoms with Crippen LogP contribution in [0.2, 0.25) is 0 Å². The largest absolute Gasteiger partial charge is 0.494 e. The number of hydrogen-bond acceptors (Lipinski definition) is 8. The third kappa shape index (κ3) is 16.9. The van der Waals surface area contributed by atoms with E-state index < -0.39 is 71.9 Å². The lowest BCUT2D eigenvalue weighted by Gasteiger charge is -2.26. The first-order chi connectivity index (χ1) is 25.1. The molecule has 4 atom stereocenters. The molecule has 0 spiro atoms. The number of primary amides is 1. The van der Waals surface area contributed by atoms with Crippen LogP contribution in [0.1, 0.15) is 64.0 Å². The van der Waals surface area contributed by atoms with Gasteiger partial charge in [0.1, 0.15) is 35.7 Å². The number of guanidine groups is 1. The molecular formula is C36H51FN8O8. The lowest BCUT2D eigenvalue weighted by molar-refractivity contribution is -0.142. The number of aliphatic imine (C=N–C) groups is 1. The number of nitrogens with two attached hydrogens (primary N) is 3. The Morgan fingerprint density at radius 1 is 0.792 bits per heavy atom. The Kier molecular flexibility index (Phi) is 18.2. The highest BCUT2D eigenvalue weighted by atomic mass is 19.1. The lowest BCUT2D eigenvalue weighted by Crippen LogP contribution is -2.58. The minimum absolute atomic E-state index is 0.0515. The summed E-state index contributed by atoms with van der Waals surface area (Å²) >= 11 is 0. The molecular weight excluding hydrogens is 691 g/mol. The van der Waals surface area contributed by atoms with Gasteiger partial charge < -0.3 is 48.3 Å². The van der Waals surface area contributed by atoms with E-state index in [1.54, 1.807) is 38.1 Å². The van der Waals surface area contributed by atoms with E-state index in [9.17, 15) is 38.3 Å². The number of carbonyl (C=O) groups is 6. The highest BCUT2D eigenvalue weighted by Gasteiger charge is 2.32. The number of carbonyl (C=O) groups excluding carboxylic acids is 5. The summed E-state index contributed by atoms with van der Waals surface area (Å²) in [4.78, 5) is 81.4. The molecule has 0 saturated heterocycles. The summed E-state index contributed by atoms with van der Waals surface area (Å²) in [7, 11) is 0. The van der Waals surface area contributed by atoms with Crippen molar-refractivity contribution in [1.29, 1.82) is 0 Å². The average molecular weight is 743 g/mol. The van der Waals surface area contributed by atoms with Gasteiger partial charge in [0.25, 0.3) is 0 Å². The molecule has 5 amide bonds. The topological polar surface area (TPSA) is 270 Å². The van der Waals surface area contributed by atoms with Crippen LogP contribution in [0.3, 0.4) is 0 Å². The van der Waals surface area contributed by atoms with E-state index in [0.29, 0.717) is 29.9 Å². The maximum absolute atomic E-state index is 13.7. The first-order valence-electron chi connectivity index (χ1n) is 17.3. The van der Waals surface area contributed by atoms with E-state index in [2.05, 4.69) is 26.3 Å². The summed E-state index contributed by atoms with van der Waals surface area (Å²) in [5.74, 6) is -5.59. The molecule has 0 heterocycles. The second kappa shape index (κ2) is 22.3. The zero-order valence-corrected chi connectivity index (χ0v) is 30.2. The minimum Gasteiger partial charge on any atom is -0.494 e. The predicted molar refractivity (Wildman–Crippen MR) is 195 cm³/mol. The Balaban J connectivity index is 2.22. The molecule has 17 heteroatoms. The van der Waals surface area contributed by atoms with E-state index in [-0.39, 0.29) is 44.1 Å². The predicted octanol–water partition coefficient (Wildman–Crippen LogP) is 0.399. The summed E-state index contributed by atoms with van der Waals surface area (Å²) in [6.07, 6.45) is 0.371. The fraction of sp³-hybridized carbons (Fsp3) is 0.472. The maximum atomic E-state index is 13.7. The zero-order valence-electron chi connectivity index (χ0n) is 30.2. The molecule has 0 aliphatic rings. The molecule has 0 saturated carbocycles. The van der Waals surface area contributed by atoms with Gasteiger partial charge in [0.15, 0.2) is 5.96 Å². The molecule has 0 aliphatic carbocycles. The maximum Gasteiger partial charge on any atom is 0.326 e. The highest BCUT2D eigenvalue weighted by Crippen LogP contribution is 2.14. The highest BCUT2D eigenvalue weighted by molar-refractivity contribution is 5.96. The van der Waals surface area contributed by atoms with Crippen molar-refractivity contribution in [1.82, 2.24) is 21.3 Å². The van der Waals surface area contributed by atoms with Gasteiger partial charge in [0.2, 0.25) is 29.5 Å². The van der Waals surface area contributed by atoms with Crippen LogP contribution in [0.15, 0.2) is 53.5 Å². The van der Waals surface area contributed by atoms with E-state index in [1.165, 1.54) is 12.1 Å². The number of nitrogens with zero attached hydrogens (tertiary/aromatic N) is 1. The second-order valence-corrected chi connectivity index (χ2v) is 12.9. The fourth-order valence-electron chi connectivity index (χ4n) is 5.11. The van der Waals surface area contributed by atoms with Crippen LogP contribution in [-0.4, -0.2) is 83.9 Å². The van der Waals surface area contributed by atoms with Crippen molar-refractivity contribution in [3.05, 3.63) is 65.5 Å². The molecule has 11 N–H and O–H groups in total. The molecule has 16 nitrogen and oxygen atoms in total. The van der Waals surface area contributed by atoms with Gasteiger partial charge in [-0.1, -0.05) is 45.0 Å². The normalized spacial score (nSPS) is 13.1. The summed E-state index contributed by atoms with van der Waals surface area (Å²) in [6, 6.07) is 6.50. The summed E-state index contributed by atoms with van der Waals surface area (Å²) in [6.45, 7) is 6.29. The molecule has 0 aromatic heterocycles. The molecule has 0 aliphatic heterocycles. The van der Waals surface area contributed by atoms with Crippen LogP contribution >= 0.6 is 0 Å². The van der Waals surface area contributed by atoms with Gasteiger partial charge in [-0.2, -0.15) is 0 Å². The standard InChI is InChI=1S/C36H51FN8O8/c1-4-16-53-25-13-9-23(10-14-25)19-31(47)42-26(6-5-15-41-36(39)40)32(48)43-27(17-21(2)3)33(49)44-28(20-30(38)46)34(50)45-29(35(51)52)18-22-7-11-24(37)12-8-22/h7-14,21,26-29H,4-6,15-20H2,1-3H3,(H2,38,46)(H,42,47)(H,43,48)(H,44,49)(H,45,50)(H,51,52)(H4,39,40,41)/t26-,27-,28-,29-/m0/s1. The van der Waals surface area contributed by atoms with Crippen molar-refractivity contribution in [3.63, 3.8) is 0 Å². The Morgan fingerprint density at radius 3 is 1.92 bits per heavy atom. The van der Waals surface area contributed by atoms with Crippen LogP contribution in [0.5, 0.6) is 5.75 Å². The van der Waals surface area contributed by atoms with Gasteiger partial charge in [0.05, 0.1) is 19.4 Å². The number of ether oxygens (including phenoxy) is 1. The molecule has 0 radical (unpaired) electrons. The third-order valence-corrected chi connectivity index (χ3v) is 7.70. The third-order valence-electron chi connectivity index (χ3n) is 7.70. The smallest absolute Gasteiger partial charge is 0.326 e. The van der Waals surface area contributed by atoms with Crippen LogP contribution in [-0.2, 0) is 41.6 Å². The van der Waals surface area contributed by atoms with E-state index in [4.69, 9.17) is 21.9 Å². The minimum atomic E-state index is -1.60. The molecule has 0 fully saturated rings. The Hall–Kier alpha value is -5.74. The Labute approximate surface area is 307 Å². The number of nitrogens with one attached hydrogen (secondary N) is 4. The van der Waals surface area contributed by atoms with Crippen LogP contribution in [0.25, 0.3) is 0 Å². The van der Waals surface area contributed by atoms with Gasteiger partial charge in [-0.25, -0.2) is 9.18 Å². The summed E-state index contributed by atoms with van der Waals surface area (Å²) < 4.78 is 18.9. The molecule has 2 aromatic carbocycles. The number of halogens is 1. The summed E-state index contributed by atoms with van der Waals surface area (Å²) in [5.41, 5.74) is 17.3. The van der Waals surface area contributed by atoms with Crippen molar-refractivity contribution < 1.29 is 43.0 Å². The van der Waals surface area contributed by atoms with Crippen molar-refractivity contribution in [2.45, 2.75) is 89.9 Å². The number of aliphatic carboxylic acids is 1. The van der Waals surface area contributed by atoms with Crippen LogP contribution < -0.4 is 43.2 Å². The number of carboxylic acid groups (broad SMARTS) is 1. The number of rotatable bonds is 23. The molecule has 2 rings (SSSR count). The number of amides is 5. The van der Waals surface area contributed by atoms with Crippen molar-refractivity contribution >= 4 is 41.5 Å². The van der Waals surface area contributed by atoms with Crippen molar-refractivity contribution in [2.24, 2.45) is 28.1 Å². The first kappa shape index (κ1) is 43.4. The molecule has 290 valence electrons. The number of hydrogen-bond donors (Lipinski definition) is 8. The second-order valence-electron chi connectivity index (χ2n) is 12.9. The zero-order chi connectivity index (χ0) is 39.5. The average Bonchev–Trinajstić information content (AvgIpc) is 3.08. The van der Waals surface area contributed by atoms with E-state index in [1.807, 2.05) is 6.92 Å². The fourth-order valence-corrected chi connectivity index (χ4v) is 5.11. The van der Waals surface area contributed by atoms with Gasteiger partial charge in [0, 0.05) is 13.0 Å². The van der Waals surface area contributed by atoms with Crippen molar-refractivity contribution in [2.75, 3.05) is 13.2 Å².